The summed E-state index contributed by atoms with van der Waals surface area (Å²) in [7, 11) is 1.76. The minimum atomic E-state index is -0.0288. The molecule has 1 aromatic carbocycles. The predicted molar refractivity (Wildman–Crippen MR) is 67.7 cm³/mol. The van der Waals surface area contributed by atoms with E-state index in [1.807, 2.05) is 18.2 Å². The van der Waals surface area contributed by atoms with Crippen LogP contribution in [0.3, 0.4) is 0 Å². The first-order valence-electron chi connectivity index (χ1n) is 5.10. The van der Waals surface area contributed by atoms with Crippen LogP contribution in [-0.2, 0) is 4.79 Å². The maximum absolute atomic E-state index is 11.5. The number of rotatable bonds is 3. The average Bonchev–Trinajstić information content (AvgIpc) is 2.31. The lowest BCUT2D eigenvalue weighted by atomic mass is 10.2. The zero-order chi connectivity index (χ0) is 11.5. The second-order valence-corrected chi connectivity index (χ2v) is 4.02. The van der Waals surface area contributed by atoms with Gasteiger partial charge in [-0.3, -0.25) is 4.79 Å². The van der Waals surface area contributed by atoms with Crippen molar-refractivity contribution in [2.75, 3.05) is 36.2 Å². The van der Waals surface area contributed by atoms with E-state index in [0.29, 0.717) is 0 Å². The highest BCUT2D eigenvalue weighted by Gasteiger charge is 2.22. The van der Waals surface area contributed by atoms with Gasteiger partial charge in [-0.15, -0.1) is 0 Å². The number of likely N-dealkylation sites (N-methyl/N-ethyl adjacent to an activating group) is 1. The topological polar surface area (TPSA) is 41.6 Å². The summed E-state index contributed by atoms with van der Waals surface area (Å²) in [5.74, 6) is 1.49. The van der Waals surface area contributed by atoms with Crippen molar-refractivity contribution in [3.63, 3.8) is 0 Å². The Balaban J connectivity index is 2.25. The molecule has 1 heterocycles. The minimum absolute atomic E-state index is 0.0288. The quantitative estimate of drug-likeness (QED) is 0.782. The van der Waals surface area contributed by atoms with E-state index in [2.05, 4.69) is 17.9 Å². The van der Waals surface area contributed by atoms with Gasteiger partial charge in [-0.1, -0.05) is 0 Å². The second-order valence-electron chi connectivity index (χ2n) is 3.57. The molecule has 1 amide bonds. The van der Waals surface area contributed by atoms with Crippen LogP contribution in [0, 0.1) is 0 Å². The fourth-order valence-electron chi connectivity index (χ4n) is 1.58. The highest BCUT2D eigenvalue weighted by molar-refractivity contribution is 7.80. The van der Waals surface area contributed by atoms with Crippen LogP contribution in [-0.4, -0.2) is 31.9 Å². The molecule has 5 heteroatoms. The maximum Gasteiger partial charge on any atom is 0.264 e. The lowest BCUT2D eigenvalue weighted by Crippen LogP contribution is -2.35. The lowest BCUT2D eigenvalue weighted by molar-refractivity contribution is -0.120. The minimum Gasteiger partial charge on any atom is -0.482 e. The molecule has 16 heavy (non-hydrogen) atoms. The number of anilines is 2. The van der Waals surface area contributed by atoms with Crippen LogP contribution >= 0.6 is 12.6 Å². The molecule has 0 radical (unpaired) electrons. The van der Waals surface area contributed by atoms with E-state index in [1.54, 1.807) is 11.9 Å². The van der Waals surface area contributed by atoms with Gasteiger partial charge >= 0.3 is 0 Å². The molecule has 0 saturated carbocycles. The first-order valence-corrected chi connectivity index (χ1v) is 5.74. The van der Waals surface area contributed by atoms with Crippen molar-refractivity contribution in [1.82, 2.24) is 0 Å². The first kappa shape index (κ1) is 11.1. The van der Waals surface area contributed by atoms with Gasteiger partial charge in [0.15, 0.2) is 6.61 Å². The maximum atomic E-state index is 11.5. The fourth-order valence-corrected chi connectivity index (χ4v) is 1.69. The van der Waals surface area contributed by atoms with E-state index in [9.17, 15) is 4.79 Å². The van der Waals surface area contributed by atoms with Crippen LogP contribution in [0.1, 0.15) is 0 Å². The van der Waals surface area contributed by atoms with Gasteiger partial charge in [-0.25, -0.2) is 0 Å². The molecule has 0 bridgehead atoms. The predicted octanol–water partition coefficient (Wildman–Crippen LogP) is 1.38. The van der Waals surface area contributed by atoms with E-state index in [4.69, 9.17) is 4.74 Å². The van der Waals surface area contributed by atoms with Gasteiger partial charge in [0.1, 0.15) is 5.75 Å². The number of benzene rings is 1. The van der Waals surface area contributed by atoms with Crippen molar-refractivity contribution >= 4 is 29.9 Å². The number of carbonyl (C=O) groups excluding carboxylic acids is 1. The first-order chi connectivity index (χ1) is 7.72. The summed E-state index contributed by atoms with van der Waals surface area (Å²) in [5.41, 5.74) is 1.78. The van der Waals surface area contributed by atoms with Crippen molar-refractivity contribution < 1.29 is 9.53 Å². The zero-order valence-electron chi connectivity index (χ0n) is 9.06. The third kappa shape index (κ3) is 2.09. The van der Waals surface area contributed by atoms with Crippen LogP contribution < -0.4 is 15.0 Å². The van der Waals surface area contributed by atoms with Gasteiger partial charge in [-0.05, 0) is 18.2 Å². The van der Waals surface area contributed by atoms with Crippen molar-refractivity contribution in [2.24, 2.45) is 0 Å². The highest BCUT2D eigenvalue weighted by Crippen LogP contribution is 2.33. The third-order valence-corrected chi connectivity index (χ3v) is 2.71. The zero-order valence-corrected chi connectivity index (χ0v) is 9.96. The Kier molecular flexibility index (Phi) is 3.24. The molecule has 0 saturated heterocycles. The lowest BCUT2D eigenvalue weighted by Gasteiger charge is -2.26. The van der Waals surface area contributed by atoms with Gasteiger partial charge in [0, 0.05) is 25.0 Å². The SMILES string of the molecule is CN1C(=O)COc2ccc(NCCS)cc21. The monoisotopic (exact) mass is 238 g/mol. The normalized spacial score (nSPS) is 14.4. The van der Waals surface area contributed by atoms with Gasteiger partial charge in [0.2, 0.25) is 0 Å². The number of hydrogen-bond acceptors (Lipinski definition) is 4. The number of nitrogens with zero attached hydrogens (tertiary/aromatic N) is 1. The van der Waals surface area contributed by atoms with Gasteiger partial charge < -0.3 is 15.0 Å². The van der Waals surface area contributed by atoms with Gasteiger partial charge in [0.25, 0.3) is 5.91 Å². The van der Waals surface area contributed by atoms with Gasteiger partial charge in [0.05, 0.1) is 5.69 Å². The molecule has 0 atom stereocenters. The van der Waals surface area contributed by atoms with Crippen molar-refractivity contribution in [3.05, 3.63) is 18.2 Å². The Bertz CT molecular complexity index is 409. The molecule has 1 aromatic rings. The second kappa shape index (κ2) is 4.65. The van der Waals surface area contributed by atoms with Crippen LogP contribution in [0.5, 0.6) is 5.75 Å². The standard InChI is InChI=1S/C11H14N2O2S/c1-13-9-6-8(12-4-5-16)2-3-10(9)15-7-11(13)14/h2-3,6,12,16H,4-5,7H2,1H3. The Morgan fingerprint density at radius 2 is 2.38 bits per heavy atom. The van der Waals surface area contributed by atoms with Crippen LogP contribution in [0.25, 0.3) is 0 Å². The van der Waals surface area contributed by atoms with Crippen LogP contribution in [0.4, 0.5) is 11.4 Å². The summed E-state index contributed by atoms with van der Waals surface area (Å²) in [6, 6.07) is 5.72. The molecule has 2 rings (SSSR count). The summed E-state index contributed by atoms with van der Waals surface area (Å²) in [4.78, 5) is 13.1. The summed E-state index contributed by atoms with van der Waals surface area (Å²) < 4.78 is 5.33. The Morgan fingerprint density at radius 3 is 3.12 bits per heavy atom. The number of fused-ring (bicyclic) bond motifs is 1. The molecule has 0 spiro atoms. The Labute approximate surface area is 100.0 Å². The number of ether oxygens (including phenoxy) is 1. The van der Waals surface area contributed by atoms with E-state index in [-0.39, 0.29) is 12.5 Å². The number of thiol groups is 1. The summed E-state index contributed by atoms with van der Waals surface area (Å²) >= 11 is 4.13. The molecule has 0 aromatic heterocycles. The summed E-state index contributed by atoms with van der Waals surface area (Å²) in [6.07, 6.45) is 0. The molecule has 1 aliphatic heterocycles. The van der Waals surface area contributed by atoms with Crippen molar-refractivity contribution in [3.8, 4) is 5.75 Å². The largest absolute Gasteiger partial charge is 0.482 e. The molecule has 0 unspecified atom stereocenters. The Morgan fingerprint density at radius 1 is 1.56 bits per heavy atom. The van der Waals surface area contributed by atoms with Crippen LogP contribution in [0.2, 0.25) is 0 Å². The van der Waals surface area contributed by atoms with E-state index in [0.717, 1.165) is 29.4 Å². The van der Waals surface area contributed by atoms with E-state index in [1.165, 1.54) is 0 Å². The van der Waals surface area contributed by atoms with E-state index >= 15 is 0 Å². The highest BCUT2D eigenvalue weighted by atomic mass is 32.1. The number of nitrogens with one attached hydrogen (secondary N) is 1. The molecule has 86 valence electrons. The summed E-state index contributed by atoms with van der Waals surface area (Å²) in [6.45, 7) is 0.910. The van der Waals surface area contributed by atoms with Gasteiger partial charge in [-0.2, -0.15) is 12.6 Å². The Hall–Kier alpha value is -1.36. The smallest absolute Gasteiger partial charge is 0.264 e. The molecule has 0 fully saturated rings. The molecule has 1 aliphatic rings. The molecule has 0 aliphatic carbocycles. The number of amides is 1. The molecule has 1 N–H and O–H groups in total. The van der Waals surface area contributed by atoms with Crippen molar-refractivity contribution in [2.45, 2.75) is 0 Å². The fraction of sp³-hybridized carbons (Fsp3) is 0.364. The summed E-state index contributed by atoms with van der Waals surface area (Å²) in [5, 5.41) is 3.21. The molecular weight excluding hydrogens is 224 g/mol. The molecule has 4 nitrogen and oxygen atoms in total. The average molecular weight is 238 g/mol. The van der Waals surface area contributed by atoms with E-state index < -0.39 is 0 Å². The van der Waals surface area contributed by atoms with Crippen molar-refractivity contribution in [1.29, 1.82) is 0 Å². The number of hydrogen-bond donors (Lipinski definition) is 2. The van der Waals surface area contributed by atoms with Crippen LogP contribution in [0.15, 0.2) is 18.2 Å². The number of carbonyl (C=O) groups is 1. The third-order valence-electron chi connectivity index (χ3n) is 2.49. The molecular formula is C11H14N2O2S.